The third kappa shape index (κ3) is 2.57. The van der Waals surface area contributed by atoms with Gasteiger partial charge in [0.2, 0.25) is 0 Å². The molecule has 4 nitrogen and oxygen atoms in total. The van der Waals surface area contributed by atoms with Crippen molar-refractivity contribution in [2.24, 2.45) is 0 Å². The van der Waals surface area contributed by atoms with E-state index in [1.54, 1.807) is 0 Å². The smallest absolute Gasteiger partial charge is 0.410 e. The van der Waals surface area contributed by atoms with Crippen LogP contribution in [0, 0.1) is 0 Å². The summed E-state index contributed by atoms with van der Waals surface area (Å²) in [4.78, 5) is 15.8. The lowest BCUT2D eigenvalue weighted by Gasteiger charge is -2.48. The molecule has 1 unspecified atom stereocenters. The summed E-state index contributed by atoms with van der Waals surface area (Å²) < 4.78 is 12.1. The first-order valence-electron chi connectivity index (χ1n) is 8.97. The van der Waals surface area contributed by atoms with Gasteiger partial charge in [-0.1, -0.05) is 0 Å². The number of likely N-dealkylation sites (tertiary alicyclic amines) is 1. The van der Waals surface area contributed by atoms with Crippen molar-refractivity contribution < 1.29 is 14.3 Å². The van der Waals surface area contributed by atoms with E-state index in [1.807, 2.05) is 37.0 Å². The predicted octanol–water partition coefficient (Wildman–Crippen LogP) is 4.42. The topological polar surface area (TPSA) is 38.8 Å². The highest BCUT2D eigenvalue weighted by Crippen LogP contribution is 2.59. The summed E-state index contributed by atoms with van der Waals surface area (Å²) >= 11 is 1.84. The summed E-state index contributed by atoms with van der Waals surface area (Å²) in [6.07, 6.45) is 4.03. The van der Waals surface area contributed by atoms with E-state index in [0.29, 0.717) is 12.0 Å². The number of carbonyl (C=O) groups excluding carboxylic acids is 1. The van der Waals surface area contributed by atoms with Gasteiger partial charge < -0.3 is 14.4 Å². The number of thiophene rings is 1. The van der Waals surface area contributed by atoms with Crippen LogP contribution in [0.5, 0.6) is 0 Å². The van der Waals surface area contributed by atoms with E-state index in [4.69, 9.17) is 9.47 Å². The van der Waals surface area contributed by atoms with Crippen LogP contribution in [0.1, 0.15) is 63.8 Å². The average Bonchev–Trinajstić information content (AvgIpc) is 3.06. The Morgan fingerprint density at radius 3 is 2.75 bits per heavy atom. The molecule has 0 aromatic carbocycles. The van der Waals surface area contributed by atoms with E-state index in [2.05, 4.69) is 18.4 Å². The van der Waals surface area contributed by atoms with Crippen LogP contribution in [0.3, 0.4) is 0 Å². The van der Waals surface area contributed by atoms with Crippen LogP contribution in [0.2, 0.25) is 0 Å². The van der Waals surface area contributed by atoms with E-state index in [0.717, 1.165) is 19.4 Å². The minimum atomic E-state index is -0.452. The van der Waals surface area contributed by atoms with Gasteiger partial charge in [0, 0.05) is 29.3 Å². The monoisotopic (exact) mass is 349 g/mol. The maximum atomic E-state index is 12.5. The van der Waals surface area contributed by atoms with Gasteiger partial charge in [-0.15, -0.1) is 11.3 Å². The van der Waals surface area contributed by atoms with Gasteiger partial charge in [0.1, 0.15) is 11.2 Å². The third-order valence-electron chi connectivity index (χ3n) is 5.67. The summed E-state index contributed by atoms with van der Waals surface area (Å²) in [7, 11) is 0. The van der Waals surface area contributed by atoms with E-state index < -0.39 is 5.60 Å². The quantitative estimate of drug-likeness (QED) is 0.696. The molecule has 0 radical (unpaired) electrons. The molecule has 2 atom stereocenters. The Balaban J connectivity index is 1.54. The zero-order valence-corrected chi connectivity index (χ0v) is 15.9. The van der Waals surface area contributed by atoms with Crippen molar-refractivity contribution in [3.63, 3.8) is 0 Å². The second kappa shape index (κ2) is 5.21. The zero-order chi connectivity index (χ0) is 17.2. The van der Waals surface area contributed by atoms with Crippen LogP contribution in [0.4, 0.5) is 4.79 Å². The number of piperidine rings is 1. The molecule has 1 aromatic heterocycles. The molecule has 1 saturated heterocycles. The maximum Gasteiger partial charge on any atom is 0.410 e. The lowest BCUT2D eigenvalue weighted by Crippen LogP contribution is -2.54. The number of ether oxygens (including phenoxy) is 2. The number of carbonyl (C=O) groups is 1. The van der Waals surface area contributed by atoms with Crippen molar-refractivity contribution in [1.29, 1.82) is 0 Å². The van der Waals surface area contributed by atoms with Gasteiger partial charge in [-0.25, -0.2) is 4.79 Å². The number of hydrogen-bond donors (Lipinski definition) is 0. The van der Waals surface area contributed by atoms with Gasteiger partial charge >= 0.3 is 6.09 Å². The van der Waals surface area contributed by atoms with E-state index in [-0.39, 0.29) is 17.7 Å². The Morgan fingerprint density at radius 1 is 1.38 bits per heavy atom. The first kappa shape index (κ1) is 16.4. The summed E-state index contributed by atoms with van der Waals surface area (Å²) in [5.41, 5.74) is 1.19. The molecule has 3 aliphatic rings. The molecule has 1 saturated carbocycles. The summed E-state index contributed by atoms with van der Waals surface area (Å²) in [5, 5.41) is 2.21. The van der Waals surface area contributed by atoms with Crippen molar-refractivity contribution in [3.05, 3.63) is 21.9 Å². The summed E-state index contributed by atoms with van der Waals surface area (Å²) in [6, 6.07) is 2.43. The normalized spacial score (nSPS) is 31.2. The highest BCUT2D eigenvalue weighted by Gasteiger charge is 2.56. The van der Waals surface area contributed by atoms with Crippen LogP contribution in [0.25, 0.3) is 0 Å². The SMILES string of the molecule is C[C@H]1CC2(CCN1C(=O)OC(C)(C)C)OCC1(CC1)c1ccsc12. The molecule has 0 bridgehead atoms. The predicted molar refractivity (Wildman–Crippen MR) is 94.5 cm³/mol. The minimum Gasteiger partial charge on any atom is -0.444 e. The Bertz CT molecular complexity index is 658. The van der Waals surface area contributed by atoms with Crippen molar-refractivity contribution in [1.82, 2.24) is 4.90 Å². The fraction of sp³-hybridized carbons (Fsp3) is 0.737. The van der Waals surface area contributed by atoms with Gasteiger partial charge in [-0.3, -0.25) is 0 Å². The molecular formula is C19H27NO3S. The highest BCUT2D eigenvalue weighted by atomic mass is 32.1. The molecule has 1 aliphatic carbocycles. The molecule has 132 valence electrons. The first-order chi connectivity index (χ1) is 11.2. The van der Waals surface area contributed by atoms with Crippen molar-refractivity contribution in [2.45, 2.75) is 76.0 Å². The fourth-order valence-electron chi connectivity index (χ4n) is 4.20. The number of amides is 1. The Morgan fingerprint density at radius 2 is 2.12 bits per heavy atom. The molecule has 2 spiro atoms. The molecule has 0 N–H and O–H groups in total. The Kier molecular flexibility index (Phi) is 3.56. The molecule has 4 rings (SSSR count). The second-order valence-electron chi connectivity index (χ2n) is 8.70. The van der Waals surface area contributed by atoms with E-state index >= 15 is 0 Å². The molecular weight excluding hydrogens is 322 g/mol. The van der Waals surface area contributed by atoms with Crippen molar-refractivity contribution in [2.75, 3.05) is 13.2 Å². The molecule has 1 aromatic rings. The summed E-state index contributed by atoms with van der Waals surface area (Å²) in [6.45, 7) is 9.40. The second-order valence-corrected chi connectivity index (χ2v) is 9.62. The third-order valence-corrected chi connectivity index (χ3v) is 6.77. The zero-order valence-electron chi connectivity index (χ0n) is 15.1. The number of hydrogen-bond acceptors (Lipinski definition) is 4. The van der Waals surface area contributed by atoms with Gasteiger partial charge in [0.05, 0.1) is 6.61 Å². The highest BCUT2D eigenvalue weighted by molar-refractivity contribution is 7.10. The van der Waals surface area contributed by atoms with Crippen LogP contribution in [-0.4, -0.2) is 35.8 Å². The molecule has 1 amide bonds. The Hall–Kier alpha value is -1.07. The van der Waals surface area contributed by atoms with Crippen LogP contribution >= 0.6 is 11.3 Å². The first-order valence-corrected chi connectivity index (χ1v) is 9.85. The van der Waals surface area contributed by atoms with Crippen LogP contribution < -0.4 is 0 Å². The average molecular weight is 349 g/mol. The standard InChI is InChI=1S/C19H27NO3S/c1-13-11-19(8-9-20(13)16(21)23-17(2,3)4)15-14(5-10-24-15)18(6-7-18)12-22-19/h5,10,13H,6-9,11-12H2,1-4H3/t13-,19?/m0/s1. The molecule has 2 aliphatic heterocycles. The van der Waals surface area contributed by atoms with Gasteiger partial charge in [0.15, 0.2) is 0 Å². The van der Waals surface area contributed by atoms with Crippen LogP contribution in [-0.2, 0) is 20.5 Å². The number of rotatable bonds is 0. The number of fused-ring (bicyclic) bond motifs is 3. The molecule has 2 fully saturated rings. The lowest BCUT2D eigenvalue weighted by molar-refractivity contribution is -0.117. The van der Waals surface area contributed by atoms with Crippen molar-refractivity contribution in [3.8, 4) is 0 Å². The molecule has 3 heterocycles. The van der Waals surface area contributed by atoms with Gasteiger partial charge in [-0.05, 0) is 64.0 Å². The van der Waals surface area contributed by atoms with E-state index in [1.165, 1.54) is 23.3 Å². The lowest BCUT2D eigenvalue weighted by atomic mass is 9.79. The fourth-order valence-corrected chi connectivity index (χ4v) is 5.41. The largest absolute Gasteiger partial charge is 0.444 e. The molecule has 24 heavy (non-hydrogen) atoms. The Labute approximate surface area is 148 Å². The molecule has 5 heteroatoms. The van der Waals surface area contributed by atoms with Gasteiger partial charge in [0.25, 0.3) is 0 Å². The number of nitrogens with zero attached hydrogens (tertiary/aromatic N) is 1. The maximum absolute atomic E-state index is 12.5. The minimum absolute atomic E-state index is 0.122. The van der Waals surface area contributed by atoms with E-state index in [9.17, 15) is 4.79 Å². The van der Waals surface area contributed by atoms with Gasteiger partial charge in [-0.2, -0.15) is 0 Å². The van der Waals surface area contributed by atoms with Crippen molar-refractivity contribution >= 4 is 17.4 Å². The van der Waals surface area contributed by atoms with Crippen LogP contribution in [0.15, 0.2) is 11.4 Å². The summed E-state index contributed by atoms with van der Waals surface area (Å²) in [5.74, 6) is 0.